The molecule has 3 aliphatic rings. The van der Waals surface area contributed by atoms with Crippen LogP contribution in [-0.2, 0) is 11.2 Å². The largest absolute Gasteiger partial charge is 0.483 e. The summed E-state index contributed by atoms with van der Waals surface area (Å²) in [5.41, 5.74) is 7.36. The molecule has 2 aliphatic carbocycles. The molecule has 0 spiro atoms. The molecule has 2 N–H and O–H groups in total. The first-order valence-corrected chi connectivity index (χ1v) is 8.62. The second kappa shape index (κ2) is 5.60. The molecule has 0 bridgehead atoms. The average Bonchev–Trinajstić information content (AvgIpc) is 2.88. The van der Waals surface area contributed by atoms with Gasteiger partial charge in [-0.2, -0.15) is 0 Å². The Morgan fingerprint density at radius 1 is 1.33 bits per heavy atom. The lowest BCUT2D eigenvalue weighted by Crippen LogP contribution is -2.34. The van der Waals surface area contributed by atoms with Gasteiger partial charge in [0.2, 0.25) is 0 Å². The zero-order valence-electron chi connectivity index (χ0n) is 13.5. The number of primary amides is 1. The third-order valence-electron chi connectivity index (χ3n) is 5.69. The summed E-state index contributed by atoms with van der Waals surface area (Å²) in [6.45, 7) is 1.64. The Kier molecular flexibility index (Phi) is 3.66. The monoisotopic (exact) mass is 336 g/mol. The predicted molar refractivity (Wildman–Crippen MR) is 86.3 cm³/mol. The van der Waals surface area contributed by atoms with Crippen LogP contribution in [0.1, 0.15) is 24.8 Å². The molecule has 1 aliphatic heterocycles. The highest BCUT2D eigenvalue weighted by Gasteiger charge is 2.71. The number of nitrogens with zero attached hydrogens (tertiary/aromatic N) is 1. The van der Waals surface area contributed by atoms with Crippen LogP contribution in [-0.4, -0.2) is 31.5 Å². The van der Waals surface area contributed by atoms with Gasteiger partial charge in [-0.05, 0) is 43.7 Å². The SMILES string of the molecule is NC(=O)COc1cccc2c1CCCN2CC1CC2C(C1)C2(F)F. The van der Waals surface area contributed by atoms with E-state index in [1.54, 1.807) is 0 Å². The standard InChI is InChI=1S/C18H22F2N2O2/c19-18(20)13-7-11(8-14(13)18)9-22-6-2-3-12-15(22)4-1-5-16(12)24-10-17(21)23/h1,4-5,11,13-14H,2-3,6-10H2,(H2,21,23). The number of fused-ring (bicyclic) bond motifs is 2. The summed E-state index contributed by atoms with van der Waals surface area (Å²) in [4.78, 5) is 13.2. The number of carbonyl (C=O) groups is 1. The normalized spacial score (nSPS) is 29.8. The predicted octanol–water partition coefficient (Wildman–Crippen LogP) is 2.59. The molecule has 130 valence electrons. The summed E-state index contributed by atoms with van der Waals surface area (Å²) in [6.07, 6.45) is 3.18. The Morgan fingerprint density at radius 2 is 2.08 bits per heavy atom. The highest BCUT2D eigenvalue weighted by atomic mass is 19.3. The van der Waals surface area contributed by atoms with Crippen molar-refractivity contribution in [3.8, 4) is 5.75 Å². The van der Waals surface area contributed by atoms with Gasteiger partial charge in [-0.1, -0.05) is 6.07 Å². The van der Waals surface area contributed by atoms with Crippen LogP contribution in [0.15, 0.2) is 18.2 Å². The lowest BCUT2D eigenvalue weighted by molar-refractivity contribution is -0.119. The van der Waals surface area contributed by atoms with Crippen LogP contribution in [0.2, 0.25) is 0 Å². The molecule has 0 aromatic heterocycles. The van der Waals surface area contributed by atoms with E-state index in [9.17, 15) is 13.6 Å². The van der Waals surface area contributed by atoms with Crippen molar-refractivity contribution >= 4 is 11.6 Å². The van der Waals surface area contributed by atoms with Gasteiger partial charge in [-0.15, -0.1) is 0 Å². The summed E-state index contributed by atoms with van der Waals surface area (Å²) in [7, 11) is 0. The van der Waals surface area contributed by atoms with Crippen molar-refractivity contribution in [2.45, 2.75) is 31.6 Å². The number of hydrogen-bond donors (Lipinski definition) is 1. The number of halogens is 2. The number of ether oxygens (including phenoxy) is 1. The van der Waals surface area contributed by atoms with Gasteiger partial charge in [-0.25, -0.2) is 8.78 Å². The summed E-state index contributed by atoms with van der Waals surface area (Å²) in [6, 6.07) is 5.82. The molecular formula is C18H22F2N2O2. The van der Waals surface area contributed by atoms with Crippen LogP contribution < -0.4 is 15.4 Å². The molecule has 1 aromatic rings. The molecule has 0 saturated heterocycles. The Morgan fingerprint density at radius 3 is 2.79 bits per heavy atom. The number of alkyl halides is 2. The van der Waals surface area contributed by atoms with Crippen molar-refractivity contribution in [2.24, 2.45) is 23.5 Å². The summed E-state index contributed by atoms with van der Waals surface area (Å²) in [5.74, 6) is -2.59. The average molecular weight is 336 g/mol. The molecule has 1 aromatic carbocycles. The van der Waals surface area contributed by atoms with E-state index in [0.717, 1.165) is 37.2 Å². The minimum atomic E-state index is -2.40. The van der Waals surface area contributed by atoms with Gasteiger partial charge >= 0.3 is 0 Å². The second-order valence-electron chi connectivity index (χ2n) is 7.28. The first kappa shape index (κ1) is 15.7. The van der Waals surface area contributed by atoms with E-state index in [1.807, 2.05) is 12.1 Å². The maximum Gasteiger partial charge on any atom is 0.255 e. The van der Waals surface area contributed by atoms with Gasteiger partial charge in [0.1, 0.15) is 5.75 Å². The Bertz CT molecular complexity index is 650. The van der Waals surface area contributed by atoms with Gasteiger partial charge in [0, 0.05) is 36.2 Å². The number of anilines is 1. The maximum atomic E-state index is 13.4. The molecule has 4 rings (SSSR count). The summed E-state index contributed by atoms with van der Waals surface area (Å²) in [5, 5.41) is 0. The fourth-order valence-corrected chi connectivity index (χ4v) is 4.52. The van der Waals surface area contributed by atoms with Crippen LogP contribution in [0.3, 0.4) is 0 Å². The van der Waals surface area contributed by atoms with Gasteiger partial charge < -0.3 is 15.4 Å². The highest BCUT2D eigenvalue weighted by Crippen LogP contribution is 2.65. The van der Waals surface area contributed by atoms with Gasteiger partial charge in [0.15, 0.2) is 6.61 Å². The van der Waals surface area contributed by atoms with Crippen molar-refractivity contribution in [3.63, 3.8) is 0 Å². The molecule has 2 fully saturated rings. The number of hydrogen-bond acceptors (Lipinski definition) is 3. The summed E-state index contributed by atoms with van der Waals surface area (Å²) < 4.78 is 32.3. The van der Waals surface area contributed by atoms with Gasteiger partial charge in [0.05, 0.1) is 0 Å². The van der Waals surface area contributed by atoms with Crippen LogP contribution in [0.5, 0.6) is 5.75 Å². The van der Waals surface area contributed by atoms with E-state index < -0.39 is 11.8 Å². The van der Waals surface area contributed by atoms with Crippen LogP contribution in [0.4, 0.5) is 14.5 Å². The quantitative estimate of drug-likeness (QED) is 0.899. The fourth-order valence-electron chi connectivity index (χ4n) is 4.52. The van der Waals surface area contributed by atoms with E-state index in [2.05, 4.69) is 11.0 Å². The van der Waals surface area contributed by atoms with Crippen molar-refractivity contribution in [1.29, 1.82) is 0 Å². The molecule has 4 nitrogen and oxygen atoms in total. The third kappa shape index (κ3) is 2.62. The number of benzene rings is 1. The molecule has 2 saturated carbocycles. The Labute approximate surface area is 139 Å². The molecule has 1 heterocycles. The van der Waals surface area contributed by atoms with E-state index in [-0.39, 0.29) is 18.4 Å². The lowest BCUT2D eigenvalue weighted by atomic mass is 9.97. The topological polar surface area (TPSA) is 55.6 Å². The number of amides is 1. The smallest absolute Gasteiger partial charge is 0.255 e. The van der Waals surface area contributed by atoms with E-state index in [4.69, 9.17) is 10.5 Å². The minimum absolute atomic E-state index is 0.127. The molecular weight excluding hydrogens is 314 g/mol. The van der Waals surface area contributed by atoms with E-state index >= 15 is 0 Å². The third-order valence-corrected chi connectivity index (χ3v) is 5.69. The van der Waals surface area contributed by atoms with Crippen molar-refractivity contribution in [3.05, 3.63) is 23.8 Å². The minimum Gasteiger partial charge on any atom is -0.483 e. The van der Waals surface area contributed by atoms with Crippen molar-refractivity contribution in [1.82, 2.24) is 0 Å². The Hall–Kier alpha value is -1.85. The zero-order chi connectivity index (χ0) is 16.9. The Balaban J connectivity index is 1.46. The summed E-state index contributed by atoms with van der Waals surface area (Å²) >= 11 is 0. The second-order valence-corrected chi connectivity index (χ2v) is 7.28. The molecule has 2 atom stereocenters. The van der Waals surface area contributed by atoms with Gasteiger partial charge in [0.25, 0.3) is 11.8 Å². The van der Waals surface area contributed by atoms with Crippen molar-refractivity contribution in [2.75, 3.05) is 24.6 Å². The van der Waals surface area contributed by atoms with Crippen LogP contribution in [0, 0.1) is 17.8 Å². The van der Waals surface area contributed by atoms with Gasteiger partial charge in [-0.3, -0.25) is 4.79 Å². The zero-order valence-corrected chi connectivity index (χ0v) is 13.5. The van der Waals surface area contributed by atoms with Crippen molar-refractivity contribution < 1.29 is 18.3 Å². The molecule has 6 heteroatoms. The fraction of sp³-hybridized carbons (Fsp3) is 0.611. The molecule has 0 radical (unpaired) electrons. The first-order chi connectivity index (χ1) is 11.5. The van der Waals surface area contributed by atoms with Crippen LogP contribution in [0.25, 0.3) is 0 Å². The van der Waals surface area contributed by atoms with E-state index in [0.29, 0.717) is 24.5 Å². The first-order valence-electron chi connectivity index (χ1n) is 8.62. The lowest BCUT2D eigenvalue weighted by Gasteiger charge is -2.34. The maximum absolute atomic E-state index is 13.4. The molecule has 1 amide bonds. The number of carbonyl (C=O) groups excluding carboxylic acids is 1. The van der Waals surface area contributed by atoms with E-state index in [1.165, 1.54) is 0 Å². The molecule has 24 heavy (non-hydrogen) atoms. The number of rotatable bonds is 5. The molecule has 2 unspecified atom stereocenters. The number of nitrogens with two attached hydrogens (primary N) is 1. The van der Waals surface area contributed by atoms with Crippen LogP contribution >= 0.6 is 0 Å². The highest BCUT2D eigenvalue weighted by molar-refractivity contribution is 5.75.